The summed E-state index contributed by atoms with van der Waals surface area (Å²) >= 11 is 5.63. The van der Waals surface area contributed by atoms with Crippen molar-refractivity contribution in [3.63, 3.8) is 0 Å². The average Bonchev–Trinajstić information content (AvgIpc) is 2.73. The lowest BCUT2D eigenvalue weighted by Crippen LogP contribution is -2.48. The van der Waals surface area contributed by atoms with Crippen molar-refractivity contribution in [2.24, 2.45) is 0 Å². The Morgan fingerprint density at radius 1 is 1.21 bits per heavy atom. The van der Waals surface area contributed by atoms with Crippen molar-refractivity contribution in [3.05, 3.63) is 71.2 Å². The molecule has 5 nitrogen and oxygen atoms in total. The lowest BCUT2D eigenvalue weighted by molar-refractivity contribution is -0.136. The Kier molecular flexibility index (Phi) is 6.49. The number of benzene rings is 2. The number of anilines is 1. The summed E-state index contributed by atoms with van der Waals surface area (Å²) in [7, 11) is 1.33. The van der Waals surface area contributed by atoms with E-state index in [0.29, 0.717) is 35.0 Å². The third-order valence-corrected chi connectivity index (χ3v) is 4.97. The Balaban J connectivity index is 2.12. The molecule has 0 radical (unpaired) electrons. The number of halogens is 1. The van der Waals surface area contributed by atoms with Gasteiger partial charge in [-0.25, -0.2) is 9.18 Å². The molecule has 1 aliphatic rings. The van der Waals surface area contributed by atoms with Gasteiger partial charge >= 0.3 is 5.97 Å². The Morgan fingerprint density at radius 2 is 1.93 bits per heavy atom. The number of thiocarbonyl (C=S) groups is 1. The largest absolute Gasteiger partial charge is 0.494 e. The van der Waals surface area contributed by atoms with Crippen LogP contribution in [0.3, 0.4) is 0 Å². The molecule has 1 heterocycles. The van der Waals surface area contributed by atoms with Crippen LogP contribution in [0.2, 0.25) is 0 Å². The molecule has 0 unspecified atom stereocenters. The van der Waals surface area contributed by atoms with Gasteiger partial charge in [0.05, 0.1) is 25.3 Å². The maximum atomic E-state index is 13.8. The molecule has 1 aliphatic heterocycles. The zero-order valence-corrected chi connectivity index (χ0v) is 17.4. The zero-order chi connectivity index (χ0) is 21.0. The van der Waals surface area contributed by atoms with E-state index in [4.69, 9.17) is 21.7 Å². The number of nitrogens with zero attached hydrogens (tertiary/aromatic N) is 1. The summed E-state index contributed by atoms with van der Waals surface area (Å²) in [5, 5.41) is 3.60. The molecule has 1 N–H and O–H groups in total. The van der Waals surface area contributed by atoms with Crippen molar-refractivity contribution >= 4 is 29.0 Å². The first kappa shape index (κ1) is 20.8. The van der Waals surface area contributed by atoms with Crippen LogP contribution in [-0.2, 0) is 9.53 Å². The van der Waals surface area contributed by atoms with Gasteiger partial charge in [0.2, 0.25) is 0 Å². The van der Waals surface area contributed by atoms with Gasteiger partial charge in [-0.1, -0.05) is 19.1 Å². The van der Waals surface area contributed by atoms with Gasteiger partial charge < -0.3 is 14.8 Å². The molecular weight excluding hydrogens is 391 g/mol. The van der Waals surface area contributed by atoms with Gasteiger partial charge in [-0.15, -0.1) is 0 Å². The molecule has 0 aromatic heterocycles. The SMILES string of the molecule is CCOc1ccc(N2C(=S)N[C@H](c3cccc(F)c3)C(C(=O)OC)=C2CC)cc1. The quantitative estimate of drug-likeness (QED) is 0.555. The second-order valence-corrected chi connectivity index (χ2v) is 6.79. The van der Waals surface area contributed by atoms with E-state index in [9.17, 15) is 9.18 Å². The van der Waals surface area contributed by atoms with Gasteiger partial charge in [0.1, 0.15) is 11.6 Å². The molecule has 0 saturated heterocycles. The van der Waals surface area contributed by atoms with E-state index in [1.54, 1.807) is 12.1 Å². The Bertz CT molecular complexity index is 943. The molecule has 152 valence electrons. The van der Waals surface area contributed by atoms with Crippen LogP contribution in [0, 0.1) is 5.82 Å². The third-order valence-electron chi connectivity index (χ3n) is 4.67. The van der Waals surface area contributed by atoms with Crippen molar-refractivity contribution in [1.82, 2.24) is 5.32 Å². The molecule has 7 heteroatoms. The predicted octanol–water partition coefficient (Wildman–Crippen LogP) is 4.50. The summed E-state index contributed by atoms with van der Waals surface area (Å²) in [4.78, 5) is 14.5. The van der Waals surface area contributed by atoms with Gasteiger partial charge in [0.25, 0.3) is 0 Å². The fourth-order valence-electron chi connectivity index (χ4n) is 3.43. The summed E-state index contributed by atoms with van der Waals surface area (Å²) in [5.41, 5.74) is 2.51. The second kappa shape index (κ2) is 9.05. The monoisotopic (exact) mass is 414 g/mol. The molecule has 0 bridgehead atoms. The Morgan fingerprint density at radius 3 is 2.52 bits per heavy atom. The van der Waals surface area contributed by atoms with Crippen LogP contribution in [0.25, 0.3) is 0 Å². The van der Waals surface area contributed by atoms with E-state index in [-0.39, 0.29) is 5.82 Å². The van der Waals surface area contributed by atoms with Gasteiger partial charge in [0, 0.05) is 11.4 Å². The summed E-state index contributed by atoms with van der Waals surface area (Å²) in [5.74, 6) is -0.117. The summed E-state index contributed by atoms with van der Waals surface area (Å²) in [6, 6.07) is 13.0. The van der Waals surface area contributed by atoms with Crippen molar-refractivity contribution < 1.29 is 18.7 Å². The number of carbonyl (C=O) groups is 1. The number of ether oxygens (including phenoxy) is 2. The average molecular weight is 415 g/mol. The lowest BCUT2D eigenvalue weighted by atomic mass is 9.93. The first-order chi connectivity index (χ1) is 14.0. The van der Waals surface area contributed by atoms with Gasteiger partial charge in [-0.05, 0) is 67.5 Å². The minimum absolute atomic E-state index is 0.383. The highest BCUT2D eigenvalue weighted by atomic mass is 32.1. The minimum Gasteiger partial charge on any atom is -0.494 e. The van der Waals surface area contributed by atoms with Crippen molar-refractivity contribution in [1.29, 1.82) is 0 Å². The van der Waals surface area contributed by atoms with E-state index in [1.165, 1.54) is 19.2 Å². The third kappa shape index (κ3) is 4.24. The van der Waals surface area contributed by atoms with E-state index in [1.807, 2.05) is 43.0 Å². The first-order valence-corrected chi connectivity index (χ1v) is 9.81. The molecule has 1 atom stereocenters. The molecular formula is C22H23FN2O3S. The fraction of sp³-hybridized carbons (Fsp3) is 0.273. The van der Waals surface area contributed by atoms with Crippen molar-refractivity contribution in [3.8, 4) is 5.75 Å². The predicted molar refractivity (Wildman–Crippen MR) is 114 cm³/mol. The molecule has 3 rings (SSSR count). The van der Waals surface area contributed by atoms with E-state index in [0.717, 1.165) is 11.4 Å². The Labute approximate surface area is 175 Å². The molecule has 0 saturated carbocycles. The van der Waals surface area contributed by atoms with Crippen molar-refractivity contribution in [2.45, 2.75) is 26.3 Å². The molecule has 2 aromatic rings. The number of esters is 1. The summed E-state index contributed by atoms with van der Waals surface area (Å²) in [6.45, 7) is 4.44. The lowest BCUT2D eigenvalue weighted by Gasteiger charge is -2.38. The number of rotatable bonds is 6. The van der Waals surface area contributed by atoms with Gasteiger partial charge in [-0.2, -0.15) is 0 Å². The summed E-state index contributed by atoms with van der Waals surface area (Å²) < 4.78 is 24.4. The highest BCUT2D eigenvalue weighted by Crippen LogP contribution is 2.36. The van der Waals surface area contributed by atoms with Crippen LogP contribution in [0.1, 0.15) is 31.9 Å². The Hall–Kier alpha value is -2.93. The highest BCUT2D eigenvalue weighted by Gasteiger charge is 2.36. The van der Waals surface area contributed by atoms with Gasteiger partial charge in [0.15, 0.2) is 5.11 Å². The molecule has 0 spiro atoms. The molecule has 29 heavy (non-hydrogen) atoms. The second-order valence-electron chi connectivity index (χ2n) is 6.41. The maximum absolute atomic E-state index is 13.8. The first-order valence-electron chi connectivity index (χ1n) is 9.40. The summed E-state index contributed by atoms with van der Waals surface area (Å²) in [6.07, 6.45) is 0.533. The van der Waals surface area contributed by atoms with Crippen LogP contribution in [0.5, 0.6) is 5.75 Å². The molecule has 0 amide bonds. The molecule has 0 fully saturated rings. The number of hydrogen-bond acceptors (Lipinski definition) is 4. The minimum atomic E-state index is -0.598. The number of allylic oxidation sites excluding steroid dienone is 1. The topological polar surface area (TPSA) is 50.8 Å². The van der Waals surface area contributed by atoms with E-state index >= 15 is 0 Å². The van der Waals surface area contributed by atoms with Crippen molar-refractivity contribution in [2.75, 3.05) is 18.6 Å². The molecule has 2 aromatic carbocycles. The standard InChI is InChI=1S/C22H23FN2O3S/c1-4-18-19(21(26)27-3)20(14-7-6-8-15(23)13-14)24-22(29)25(18)16-9-11-17(12-10-16)28-5-2/h6-13,20H,4-5H2,1-3H3,(H,24,29)/t20-/m1/s1. The van der Waals surface area contributed by atoms with Crippen LogP contribution in [0.4, 0.5) is 10.1 Å². The van der Waals surface area contributed by atoms with Crippen LogP contribution < -0.4 is 15.0 Å². The van der Waals surface area contributed by atoms with Crippen LogP contribution in [-0.4, -0.2) is 24.8 Å². The van der Waals surface area contributed by atoms with E-state index in [2.05, 4.69) is 5.32 Å². The normalized spacial score (nSPS) is 16.5. The smallest absolute Gasteiger partial charge is 0.337 e. The number of carbonyl (C=O) groups excluding carboxylic acids is 1. The van der Waals surface area contributed by atoms with Crippen LogP contribution >= 0.6 is 12.2 Å². The number of hydrogen-bond donors (Lipinski definition) is 1. The van der Waals surface area contributed by atoms with Crippen LogP contribution in [0.15, 0.2) is 59.8 Å². The fourth-order valence-corrected chi connectivity index (χ4v) is 3.76. The number of methoxy groups -OCH3 is 1. The molecule has 0 aliphatic carbocycles. The maximum Gasteiger partial charge on any atom is 0.337 e. The zero-order valence-electron chi connectivity index (χ0n) is 16.6. The van der Waals surface area contributed by atoms with E-state index < -0.39 is 12.0 Å². The van der Waals surface area contributed by atoms with Gasteiger partial charge in [-0.3, -0.25) is 4.90 Å². The number of nitrogens with one attached hydrogen (secondary N) is 1. The highest BCUT2D eigenvalue weighted by molar-refractivity contribution is 7.80.